The number of hydrogen-bond acceptors (Lipinski definition) is 5. The largest absolute Gasteiger partial charge is 0.298 e. The van der Waals surface area contributed by atoms with Gasteiger partial charge in [0.1, 0.15) is 4.83 Å². The molecule has 0 fully saturated rings. The number of hydrogen-bond donors (Lipinski definition) is 2. The molecule has 4 rings (SSSR count). The number of rotatable bonds is 5. The minimum Gasteiger partial charge on any atom is -0.298 e. The number of nitrogens with zero attached hydrogens (tertiary/aromatic N) is 2. The van der Waals surface area contributed by atoms with Crippen molar-refractivity contribution in [1.82, 2.24) is 20.4 Å². The number of amides is 2. The standard InChI is InChI=1S/C21H18N4O3S/c26-18(8-10-25-13-22-20-17(21(25)28)9-11-29-20)23-24-19(27)12-15-6-3-5-14-4-1-2-7-16(14)15/h1-7,9,11,13H,8,10,12H2,(H,23,26)(H,24,27). The van der Waals surface area contributed by atoms with E-state index in [0.717, 1.165) is 16.3 Å². The maximum absolute atomic E-state index is 12.3. The summed E-state index contributed by atoms with van der Waals surface area (Å²) in [6.45, 7) is 0.183. The van der Waals surface area contributed by atoms with Gasteiger partial charge in [-0.3, -0.25) is 29.8 Å². The van der Waals surface area contributed by atoms with Crippen LogP contribution in [0.5, 0.6) is 0 Å². The van der Waals surface area contributed by atoms with Crippen LogP contribution in [0.25, 0.3) is 21.0 Å². The van der Waals surface area contributed by atoms with Gasteiger partial charge < -0.3 is 0 Å². The van der Waals surface area contributed by atoms with Crippen molar-refractivity contribution in [3.05, 3.63) is 76.2 Å². The molecule has 146 valence electrons. The Morgan fingerprint density at radius 3 is 2.66 bits per heavy atom. The topological polar surface area (TPSA) is 93.1 Å². The maximum Gasteiger partial charge on any atom is 0.262 e. The number of nitrogens with one attached hydrogen (secondary N) is 2. The van der Waals surface area contributed by atoms with Crippen molar-refractivity contribution in [3.63, 3.8) is 0 Å². The highest BCUT2D eigenvalue weighted by Gasteiger charge is 2.10. The summed E-state index contributed by atoms with van der Waals surface area (Å²) < 4.78 is 1.40. The van der Waals surface area contributed by atoms with Crippen LogP contribution in [0, 0.1) is 0 Å². The highest BCUT2D eigenvalue weighted by molar-refractivity contribution is 7.16. The molecule has 4 aromatic rings. The molecule has 2 aromatic carbocycles. The van der Waals surface area contributed by atoms with Crippen LogP contribution in [0.15, 0.2) is 65.0 Å². The van der Waals surface area contributed by atoms with Gasteiger partial charge in [0.15, 0.2) is 0 Å². The number of aromatic nitrogens is 2. The lowest BCUT2D eigenvalue weighted by Gasteiger charge is -2.10. The molecular weight excluding hydrogens is 388 g/mol. The van der Waals surface area contributed by atoms with Crippen molar-refractivity contribution in [2.75, 3.05) is 0 Å². The van der Waals surface area contributed by atoms with E-state index in [0.29, 0.717) is 10.2 Å². The second kappa shape index (κ2) is 8.24. The number of carbonyl (C=O) groups excluding carboxylic acids is 2. The van der Waals surface area contributed by atoms with Crippen LogP contribution in [0.2, 0.25) is 0 Å². The number of carbonyl (C=O) groups is 2. The van der Waals surface area contributed by atoms with Crippen molar-refractivity contribution in [3.8, 4) is 0 Å². The predicted molar refractivity (Wildman–Crippen MR) is 112 cm³/mol. The van der Waals surface area contributed by atoms with Crippen LogP contribution in [0.4, 0.5) is 0 Å². The second-order valence-electron chi connectivity index (χ2n) is 6.54. The lowest BCUT2D eigenvalue weighted by molar-refractivity contribution is -0.128. The third kappa shape index (κ3) is 4.17. The SMILES string of the molecule is O=C(CCn1cnc2sccc2c1=O)NNC(=O)Cc1cccc2ccccc12. The average molecular weight is 406 g/mol. The summed E-state index contributed by atoms with van der Waals surface area (Å²) in [4.78, 5) is 41.5. The fourth-order valence-corrected chi connectivity index (χ4v) is 3.86. The summed E-state index contributed by atoms with van der Waals surface area (Å²) in [5.74, 6) is -0.693. The lowest BCUT2D eigenvalue weighted by atomic mass is 10.0. The smallest absolute Gasteiger partial charge is 0.262 e. The van der Waals surface area contributed by atoms with E-state index >= 15 is 0 Å². The van der Waals surface area contributed by atoms with Crippen LogP contribution >= 0.6 is 11.3 Å². The highest BCUT2D eigenvalue weighted by atomic mass is 32.1. The zero-order chi connectivity index (χ0) is 20.2. The number of benzene rings is 2. The van der Waals surface area contributed by atoms with E-state index in [1.807, 2.05) is 47.8 Å². The monoisotopic (exact) mass is 406 g/mol. The molecule has 0 atom stereocenters. The molecule has 7 nitrogen and oxygen atoms in total. The van der Waals surface area contributed by atoms with Gasteiger partial charge in [-0.05, 0) is 27.8 Å². The molecule has 8 heteroatoms. The molecule has 0 saturated heterocycles. The van der Waals surface area contributed by atoms with Crippen LogP contribution in [-0.2, 0) is 22.6 Å². The van der Waals surface area contributed by atoms with Crippen LogP contribution in [-0.4, -0.2) is 21.4 Å². The Morgan fingerprint density at radius 1 is 0.966 bits per heavy atom. The Balaban J connectivity index is 1.31. The third-order valence-electron chi connectivity index (χ3n) is 4.60. The van der Waals surface area contributed by atoms with Gasteiger partial charge in [-0.1, -0.05) is 42.5 Å². The van der Waals surface area contributed by atoms with Crippen molar-refractivity contribution >= 4 is 44.1 Å². The molecule has 29 heavy (non-hydrogen) atoms. The Bertz CT molecular complexity index is 1260. The molecule has 0 radical (unpaired) electrons. The number of thiophene rings is 1. The van der Waals surface area contributed by atoms with Crippen LogP contribution in [0.1, 0.15) is 12.0 Å². The van der Waals surface area contributed by atoms with Crippen molar-refractivity contribution in [1.29, 1.82) is 0 Å². The summed E-state index contributed by atoms with van der Waals surface area (Å²) >= 11 is 1.40. The van der Waals surface area contributed by atoms with Crippen molar-refractivity contribution in [2.45, 2.75) is 19.4 Å². The summed E-state index contributed by atoms with van der Waals surface area (Å²) in [7, 11) is 0. The molecule has 2 amide bonds. The van der Waals surface area contributed by atoms with E-state index in [2.05, 4.69) is 15.8 Å². The first-order valence-corrected chi connectivity index (χ1v) is 9.97. The minimum atomic E-state index is -0.381. The highest BCUT2D eigenvalue weighted by Crippen LogP contribution is 2.18. The van der Waals surface area contributed by atoms with E-state index in [9.17, 15) is 14.4 Å². The molecule has 2 heterocycles. The molecule has 0 bridgehead atoms. The van der Waals surface area contributed by atoms with Gasteiger partial charge in [0.25, 0.3) is 5.56 Å². The van der Waals surface area contributed by atoms with Gasteiger partial charge in [-0.25, -0.2) is 4.98 Å². The zero-order valence-electron chi connectivity index (χ0n) is 15.4. The maximum atomic E-state index is 12.3. The fraction of sp³-hybridized carbons (Fsp3) is 0.143. The second-order valence-corrected chi connectivity index (χ2v) is 7.44. The molecule has 0 saturated carbocycles. The van der Waals surface area contributed by atoms with Crippen LogP contribution < -0.4 is 16.4 Å². The molecular formula is C21H18N4O3S. The Kier molecular flexibility index (Phi) is 5.35. The lowest BCUT2D eigenvalue weighted by Crippen LogP contribution is -2.42. The quantitative estimate of drug-likeness (QED) is 0.498. The summed E-state index contributed by atoms with van der Waals surface area (Å²) in [5, 5.41) is 4.42. The predicted octanol–water partition coefficient (Wildman–Crippen LogP) is 2.39. The van der Waals surface area contributed by atoms with Crippen LogP contribution in [0.3, 0.4) is 0 Å². The Morgan fingerprint density at radius 2 is 1.76 bits per heavy atom. The summed E-state index contributed by atoms with van der Waals surface area (Å²) in [5.41, 5.74) is 5.54. The molecule has 2 N–H and O–H groups in total. The first kappa shape index (κ1) is 18.8. The normalized spacial score (nSPS) is 10.9. The molecule has 0 unspecified atom stereocenters. The van der Waals surface area contributed by atoms with Gasteiger partial charge in [0, 0.05) is 13.0 Å². The first-order valence-electron chi connectivity index (χ1n) is 9.09. The van der Waals surface area contributed by atoms with Gasteiger partial charge in [0.2, 0.25) is 11.8 Å². The molecule has 0 aliphatic rings. The number of fused-ring (bicyclic) bond motifs is 2. The van der Waals surface area contributed by atoms with E-state index in [1.54, 1.807) is 6.07 Å². The summed E-state index contributed by atoms with van der Waals surface area (Å²) in [6, 6.07) is 15.3. The summed E-state index contributed by atoms with van der Waals surface area (Å²) in [6.07, 6.45) is 1.64. The molecule has 0 aliphatic heterocycles. The van der Waals surface area contributed by atoms with Gasteiger partial charge in [-0.2, -0.15) is 0 Å². The Labute approximate surface area is 170 Å². The Hall–Kier alpha value is -3.52. The first-order chi connectivity index (χ1) is 14.1. The number of aryl methyl sites for hydroxylation is 1. The van der Waals surface area contributed by atoms with E-state index in [4.69, 9.17) is 0 Å². The fourth-order valence-electron chi connectivity index (χ4n) is 3.14. The van der Waals surface area contributed by atoms with Gasteiger partial charge in [0.05, 0.1) is 18.1 Å². The average Bonchev–Trinajstić information content (AvgIpc) is 3.22. The van der Waals surface area contributed by atoms with Crippen molar-refractivity contribution < 1.29 is 9.59 Å². The zero-order valence-corrected chi connectivity index (χ0v) is 16.2. The van der Waals surface area contributed by atoms with E-state index < -0.39 is 0 Å². The van der Waals surface area contributed by atoms with Gasteiger partial charge >= 0.3 is 0 Å². The molecule has 0 aliphatic carbocycles. The molecule has 2 aromatic heterocycles. The number of hydrazine groups is 1. The van der Waals surface area contributed by atoms with E-state index in [1.165, 1.54) is 22.2 Å². The molecule has 0 spiro atoms. The minimum absolute atomic E-state index is 0.0474. The van der Waals surface area contributed by atoms with E-state index in [-0.39, 0.29) is 36.8 Å². The van der Waals surface area contributed by atoms with Crippen molar-refractivity contribution in [2.24, 2.45) is 0 Å². The third-order valence-corrected chi connectivity index (χ3v) is 5.42. The van der Waals surface area contributed by atoms with Gasteiger partial charge in [-0.15, -0.1) is 11.3 Å².